The van der Waals surface area contributed by atoms with Crippen LogP contribution >= 0.6 is 11.6 Å². The molecule has 1 fully saturated rings. The van der Waals surface area contributed by atoms with Crippen LogP contribution in [0.5, 0.6) is 0 Å². The molecule has 190 valence electrons. The largest absolute Gasteiger partial charge is 0.373 e. The van der Waals surface area contributed by atoms with Gasteiger partial charge in [0.2, 0.25) is 5.91 Å². The third-order valence-electron chi connectivity index (χ3n) is 8.20. The summed E-state index contributed by atoms with van der Waals surface area (Å²) in [5.74, 6) is 0.121. The number of piperidine rings is 1. The fraction of sp³-hybridized carbons (Fsp3) is 0.387. The van der Waals surface area contributed by atoms with E-state index in [-0.39, 0.29) is 11.5 Å². The van der Waals surface area contributed by atoms with Gasteiger partial charge in [0.1, 0.15) is 11.0 Å². The van der Waals surface area contributed by atoms with E-state index in [2.05, 4.69) is 43.4 Å². The van der Waals surface area contributed by atoms with Gasteiger partial charge in [0.15, 0.2) is 0 Å². The molecule has 3 aromatic rings. The fourth-order valence-corrected chi connectivity index (χ4v) is 5.93. The van der Waals surface area contributed by atoms with Crippen molar-refractivity contribution in [3.8, 4) is 0 Å². The second kappa shape index (κ2) is 10.8. The van der Waals surface area contributed by atoms with Crippen molar-refractivity contribution >= 4 is 17.5 Å². The van der Waals surface area contributed by atoms with Crippen LogP contribution in [0.3, 0.4) is 0 Å². The van der Waals surface area contributed by atoms with Crippen molar-refractivity contribution in [1.29, 1.82) is 0 Å². The number of hydrogen-bond acceptors (Lipinski definition) is 2. The number of benzene rings is 3. The third-order valence-corrected chi connectivity index (χ3v) is 8.46. The van der Waals surface area contributed by atoms with Crippen LogP contribution in [0.4, 0.5) is 0 Å². The summed E-state index contributed by atoms with van der Waals surface area (Å²) in [4.78, 5) is 15.7. The Balaban J connectivity index is 1.63. The van der Waals surface area contributed by atoms with Crippen LogP contribution in [0.2, 0.25) is 5.02 Å². The average Bonchev–Trinajstić information content (AvgIpc) is 2.91. The Hall–Kier alpha value is -2.66. The molecule has 3 aromatic carbocycles. The molecule has 1 aliphatic heterocycles. The predicted octanol–water partition coefficient (Wildman–Crippen LogP) is 5.89. The van der Waals surface area contributed by atoms with Crippen molar-refractivity contribution in [1.82, 2.24) is 4.90 Å². The fourth-order valence-electron chi connectivity index (χ4n) is 5.80. The normalized spacial score (nSPS) is 22.2. The van der Waals surface area contributed by atoms with E-state index in [1.165, 1.54) is 5.56 Å². The zero-order valence-electron chi connectivity index (χ0n) is 21.9. The smallest absolute Gasteiger partial charge is 0.237 e. The summed E-state index contributed by atoms with van der Waals surface area (Å²) in [5.41, 5.74) is 2.25. The van der Waals surface area contributed by atoms with Gasteiger partial charge in [0.25, 0.3) is 0 Å². The summed E-state index contributed by atoms with van der Waals surface area (Å²) in [6.07, 6.45) is 2.58. The molecule has 5 heteroatoms. The minimum Gasteiger partial charge on any atom is -0.373 e. The molecule has 1 aliphatic rings. The zero-order valence-corrected chi connectivity index (χ0v) is 22.7. The van der Waals surface area contributed by atoms with Gasteiger partial charge >= 0.3 is 0 Å². The highest BCUT2D eigenvalue weighted by atomic mass is 35.5. The number of likely N-dealkylation sites (tertiary alicyclic amines) is 1. The summed E-state index contributed by atoms with van der Waals surface area (Å²) in [6, 6.07) is 28.6. The van der Waals surface area contributed by atoms with Crippen LogP contribution in [-0.4, -0.2) is 63.2 Å². The highest BCUT2D eigenvalue weighted by Crippen LogP contribution is 2.42. The third kappa shape index (κ3) is 5.08. The van der Waals surface area contributed by atoms with Crippen molar-refractivity contribution in [3.05, 3.63) is 107 Å². The van der Waals surface area contributed by atoms with Gasteiger partial charge in [0.05, 0.1) is 26.7 Å². The van der Waals surface area contributed by atoms with E-state index in [9.17, 15) is 4.79 Å². The molecule has 0 saturated carbocycles. The monoisotopic (exact) mass is 505 g/mol. The number of carbonyl (C=O) groups excluding carboxylic acids is 1. The molecule has 0 bridgehead atoms. The quantitative estimate of drug-likeness (QED) is 0.357. The highest BCUT2D eigenvalue weighted by Gasteiger charge is 2.47. The molecular weight excluding hydrogens is 468 g/mol. The molecule has 1 heterocycles. The maximum atomic E-state index is 14.0. The number of likely N-dealkylation sites (N-methyl/N-ethyl adjacent to an activating group) is 1. The van der Waals surface area contributed by atoms with Crippen molar-refractivity contribution in [2.45, 2.75) is 30.3 Å². The van der Waals surface area contributed by atoms with Gasteiger partial charge in [-0.15, -0.1) is 0 Å². The maximum absolute atomic E-state index is 14.0. The summed E-state index contributed by atoms with van der Waals surface area (Å²) in [7, 11) is 7.86. The van der Waals surface area contributed by atoms with Gasteiger partial charge in [-0.3, -0.25) is 4.79 Å². The van der Waals surface area contributed by atoms with Crippen molar-refractivity contribution in [3.63, 3.8) is 0 Å². The van der Waals surface area contributed by atoms with E-state index in [4.69, 9.17) is 16.3 Å². The first kappa shape index (κ1) is 26.4. The van der Waals surface area contributed by atoms with E-state index < -0.39 is 5.41 Å². The Morgan fingerprint density at radius 3 is 1.86 bits per heavy atom. The molecule has 1 saturated heterocycles. The lowest BCUT2D eigenvalue weighted by molar-refractivity contribution is -0.917. The first-order chi connectivity index (χ1) is 17.2. The number of hydrogen-bond donors (Lipinski definition) is 0. The van der Waals surface area contributed by atoms with E-state index in [0.29, 0.717) is 0 Å². The Bertz CT molecular complexity index is 1100. The van der Waals surface area contributed by atoms with Gasteiger partial charge in [-0.05, 0) is 28.8 Å². The summed E-state index contributed by atoms with van der Waals surface area (Å²) < 4.78 is 7.04. The number of methoxy groups -OCH3 is 1. The van der Waals surface area contributed by atoms with E-state index in [1.54, 1.807) is 4.90 Å². The van der Waals surface area contributed by atoms with Gasteiger partial charge < -0.3 is 14.1 Å². The lowest BCUT2D eigenvalue weighted by atomic mass is 9.70. The lowest BCUT2D eigenvalue weighted by Gasteiger charge is -2.47. The number of amides is 1. The molecule has 0 N–H and O–H groups in total. The van der Waals surface area contributed by atoms with Gasteiger partial charge in [0, 0.05) is 45.5 Å². The number of rotatable bonds is 8. The molecule has 1 amide bonds. The second-order valence-corrected chi connectivity index (χ2v) is 11.0. The topological polar surface area (TPSA) is 29.5 Å². The SMILES string of the molecule is COC1(c2ccc(Cl)cc2)CC[N+](C)(CCC(C(=O)N(C)C)(c2ccccc2)c2ccccc2)CC1. The molecule has 0 atom stereocenters. The molecule has 0 unspecified atom stereocenters. The molecule has 0 aliphatic carbocycles. The Morgan fingerprint density at radius 1 is 0.917 bits per heavy atom. The Labute approximate surface area is 221 Å². The first-order valence-electron chi connectivity index (χ1n) is 12.7. The van der Waals surface area contributed by atoms with Gasteiger partial charge in [-0.25, -0.2) is 0 Å². The summed E-state index contributed by atoms with van der Waals surface area (Å²) in [5, 5.41) is 0.741. The van der Waals surface area contributed by atoms with Crippen molar-refractivity contribution < 1.29 is 14.0 Å². The van der Waals surface area contributed by atoms with Crippen LogP contribution in [0.25, 0.3) is 0 Å². The predicted molar refractivity (Wildman–Crippen MR) is 147 cm³/mol. The summed E-state index contributed by atoms with van der Waals surface area (Å²) in [6.45, 7) is 2.85. The molecule has 0 spiro atoms. The van der Waals surface area contributed by atoms with Crippen LogP contribution in [0.1, 0.15) is 36.0 Å². The van der Waals surface area contributed by atoms with Crippen LogP contribution in [0.15, 0.2) is 84.9 Å². The van der Waals surface area contributed by atoms with E-state index >= 15 is 0 Å². The lowest BCUT2D eigenvalue weighted by Crippen LogP contribution is -2.57. The Kier molecular flexibility index (Phi) is 7.89. The van der Waals surface area contributed by atoms with Crippen LogP contribution < -0.4 is 0 Å². The van der Waals surface area contributed by atoms with Crippen molar-refractivity contribution in [2.75, 3.05) is 47.9 Å². The number of ether oxygens (including phenoxy) is 1. The standard InChI is InChI=1S/C31H38ClN2O2/c1-33(2)29(35)31(26-11-7-5-8-12-26,27-13-9-6-10-14-27)21-24-34(3)22-19-30(36-4,20-23-34)25-15-17-28(32)18-16-25/h5-18H,19-24H2,1-4H3/q+1. The van der Waals surface area contributed by atoms with Crippen LogP contribution in [0, 0.1) is 0 Å². The number of quaternary nitrogens is 1. The molecular formula is C31H38ClN2O2+. The highest BCUT2D eigenvalue weighted by molar-refractivity contribution is 6.30. The van der Waals surface area contributed by atoms with Gasteiger partial charge in [-0.2, -0.15) is 0 Å². The second-order valence-electron chi connectivity index (χ2n) is 10.6. The molecule has 4 rings (SSSR count). The number of nitrogens with zero attached hydrogens (tertiary/aromatic N) is 2. The summed E-state index contributed by atoms with van der Waals surface area (Å²) >= 11 is 6.14. The molecule has 0 radical (unpaired) electrons. The molecule has 0 aromatic heterocycles. The molecule has 36 heavy (non-hydrogen) atoms. The molecule has 4 nitrogen and oxygen atoms in total. The number of halogens is 1. The average molecular weight is 506 g/mol. The number of carbonyl (C=O) groups is 1. The first-order valence-corrected chi connectivity index (χ1v) is 13.1. The minimum absolute atomic E-state index is 0.121. The van der Waals surface area contributed by atoms with E-state index in [1.807, 2.05) is 69.7 Å². The van der Waals surface area contributed by atoms with Gasteiger partial charge in [-0.1, -0.05) is 84.4 Å². The minimum atomic E-state index is -0.737. The van der Waals surface area contributed by atoms with E-state index in [0.717, 1.165) is 59.5 Å². The Morgan fingerprint density at radius 2 is 1.42 bits per heavy atom. The van der Waals surface area contributed by atoms with Crippen LogP contribution in [-0.2, 0) is 20.5 Å². The maximum Gasteiger partial charge on any atom is 0.237 e. The van der Waals surface area contributed by atoms with Crippen molar-refractivity contribution in [2.24, 2.45) is 0 Å². The zero-order chi connectivity index (χ0) is 25.8.